The molecule has 0 saturated heterocycles. The first-order chi connectivity index (χ1) is 9.04. The maximum atomic E-state index is 11.1. The zero-order valence-corrected chi connectivity index (χ0v) is 12.3. The largest absolute Gasteiger partial charge is 0.417 e. The number of halogens is 3. The number of nitrogens with one attached hydrogen (secondary N) is 1. The summed E-state index contributed by atoms with van der Waals surface area (Å²) in [6.07, 6.45) is 0. The molecule has 0 aliphatic carbocycles. The van der Waals surface area contributed by atoms with Gasteiger partial charge in [0.15, 0.2) is 5.58 Å². The molecule has 0 bridgehead atoms. The molecule has 0 aliphatic rings. The van der Waals surface area contributed by atoms with Crippen molar-refractivity contribution in [2.75, 3.05) is 0 Å². The zero-order valence-electron chi connectivity index (χ0n) is 9.25. The van der Waals surface area contributed by atoms with Crippen LogP contribution in [0.25, 0.3) is 11.1 Å². The Bertz CT molecular complexity index is 805. The summed E-state index contributed by atoms with van der Waals surface area (Å²) in [4.78, 5) is 13.7. The molecular weight excluding hydrogens is 329 g/mol. The van der Waals surface area contributed by atoms with Gasteiger partial charge in [-0.2, -0.15) is 0 Å². The lowest BCUT2D eigenvalue weighted by Crippen LogP contribution is -1.92. The third-order valence-corrected chi connectivity index (χ3v) is 4.70. The molecule has 3 aromatic rings. The van der Waals surface area contributed by atoms with E-state index < -0.39 is 11.1 Å². The normalized spacial score (nSPS) is 13.0. The molecule has 0 saturated carbocycles. The number of aromatic amines is 1. The highest BCUT2D eigenvalue weighted by molar-refractivity contribution is 7.20. The van der Waals surface area contributed by atoms with E-state index in [-0.39, 0.29) is 0 Å². The van der Waals surface area contributed by atoms with Crippen molar-refractivity contribution in [3.63, 3.8) is 0 Å². The fourth-order valence-corrected chi connectivity index (χ4v) is 3.79. The third kappa shape index (κ3) is 2.41. The lowest BCUT2D eigenvalue weighted by Gasteiger charge is -2.08. The van der Waals surface area contributed by atoms with Crippen LogP contribution in [0.3, 0.4) is 0 Å². The van der Waals surface area contributed by atoms with E-state index in [2.05, 4.69) is 4.98 Å². The monoisotopic (exact) mass is 333 g/mol. The first-order valence-corrected chi connectivity index (χ1v) is 7.27. The summed E-state index contributed by atoms with van der Waals surface area (Å²) in [5.41, 5.74) is 2.63. The standard InChI is InChI=1S/C12H6Cl3NO2S/c13-9-4-6(11(15)19-9)10(14)5-1-2-7-8(3-5)18-12(17)16-7/h1-4,10H,(H,16,17). The Kier molecular flexibility index (Phi) is 3.35. The molecule has 2 heterocycles. The molecule has 1 N–H and O–H groups in total. The predicted molar refractivity (Wildman–Crippen MR) is 78.9 cm³/mol. The van der Waals surface area contributed by atoms with Crippen LogP contribution in [0.2, 0.25) is 8.67 Å². The molecule has 0 radical (unpaired) electrons. The highest BCUT2D eigenvalue weighted by atomic mass is 35.5. The van der Waals surface area contributed by atoms with Crippen molar-refractivity contribution >= 4 is 57.2 Å². The average molecular weight is 335 g/mol. The molecule has 3 nitrogen and oxygen atoms in total. The van der Waals surface area contributed by atoms with E-state index in [4.69, 9.17) is 39.2 Å². The van der Waals surface area contributed by atoms with Gasteiger partial charge in [-0.25, -0.2) is 4.79 Å². The number of hydrogen-bond donors (Lipinski definition) is 1. The number of aromatic nitrogens is 1. The van der Waals surface area contributed by atoms with E-state index in [1.54, 1.807) is 18.2 Å². The Morgan fingerprint density at radius 1 is 1.26 bits per heavy atom. The number of H-pyrrole nitrogens is 1. The van der Waals surface area contributed by atoms with Gasteiger partial charge >= 0.3 is 5.76 Å². The van der Waals surface area contributed by atoms with Crippen LogP contribution >= 0.6 is 46.1 Å². The van der Waals surface area contributed by atoms with Crippen LogP contribution in [0.5, 0.6) is 0 Å². The molecule has 0 aliphatic heterocycles. The summed E-state index contributed by atoms with van der Waals surface area (Å²) in [5.74, 6) is -0.491. The minimum atomic E-state index is -0.491. The van der Waals surface area contributed by atoms with Crippen molar-refractivity contribution in [2.45, 2.75) is 5.38 Å². The molecule has 7 heteroatoms. The summed E-state index contributed by atoms with van der Waals surface area (Å²) in [6, 6.07) is 7.01. The number of alkyl halides is 1. The van der Waals surface area contributed by atoms with E-state index in [1.165, 1.54) is 11.3 Å². The highest BCUT2D eigenvalue weighted by Crippen LogP contribution is 2.40. The molecule has 2 aromatic heterocycles. The van der Waals surface area contributed by atoms with Gasteiger partial charge < -0.3 is 4.42 Å². The average Bonchev–Trinajstić information content (AvgIpc) is 2.88. The molecule has 1 unspecified atom stereocenters. The van der Waals surface area contributed by atoms with Gasteiger partial charge in [0.2, 0.25) is 0 Å². The Morgan fingerprint density at radius 3 is 2.74 bits per heavy atom. The van der Waals surface area contributed by atoms with Crippen molar-refractivity contribution in [3.05, 3.63) is 54.6 Å². The smallest absolute Gasteiger partial charge is 0.408 e. The second-order valence-electron chi connectivity index (χ2n) is 3.91. The van der Waals surface area contributed by atoms with Crippen LogP contribution < -0.4 is 5.76 Å². The van der Waals surface area contributed by atoms with Crippen molar-refractivity contribution in [2.24, 2.45) is 0 Å². The van der Waals surface area contributed by atoms with Gasteiger partial charge in [0.25, 0.3) is 0 Å². The van der Waals surface area contributed by atoms with Crippen molar-refractivity contribution < 1.29 is 4.42 Å². The molecule has 1 atom stereocenters. The molecular formula is C12H6Cl3NO2S. The number of rotatable bonds is 2. The fraction of sp³-hybridized carbons (Fsp3) is 0.0833. The number of thiophene rings is 1. The van der Waals surface area contributed by atoms with Crippen LogP contribution in [0.15, 0.2) is 33.5 Å². The lowest BCUT2D eigenvalue weighted by molar-refractivity contribution is 0.555. The van der Waals surface area contributed by atoms with Crippen molar-refractivity contribution in [3.8, 4) is 0 Å². The Balaban J connectivity index is 2.08. The first-order valence-electron chi connectivity index (χ1n) is 5.26. The minimum Gasteiger partial charge on any atom is -0.408 e. The van der Waals surface area contributed by atoms with Crippen molar-refractivity contribution in [1.29, 1.82) is 0 Å². The molecule has 19 heavy (non-hydrogen) atoms. The summed E-state index contributed by atoms with van der Waals surface area (Å²) < 4.78 is 6.14. The lowest BCUT2D eigenvalue weighted by atomic mass is 10.1. The van der Waals surface area contributed by atoms with Crippen LogP contribution in [0.4, 0.5) is 0 Å². The van der Waals surface area contributed by atoms with E-state index in [0.717, 1.165) is 11.1 Å². The van der Waals surface area contributed by atoms with Gasteiger partial charge in [-0.05, 0) is 23.8 Å². The zero-order chi connectivity index (χ0) is 13.6. The van der Waals surface area contributed by atoms with Gasteiger partial charge in [-0.15, -0.1) is 22.9 Å². The van der Waals surface area contributed by atoms with Crippen LogP contribution in [0, 0.1) is 0 Å². The van der Waals surface area contributed by atoms with Crippen LogP contribution in [-0.2, 0) is 0 Å². The second kappa shape index (κ2) is 4.87. The summed E-state index contributed by atoms with van der Waals surface area (Å²) in [6.45, 7) is 0. The maximum Gasteiger partial charge on any atom is 0.417 e. The molecule has 98 valence electrons. The Labute approximate surface area is 126 Å². The third-order valence-electron chi connectivity index (χ3n) is 2.69. The van der Waals surface area contributed by atoms with E-state index >= 15 is 0 Å². The molecule has 0 amide bonds. The van der Waals surface area contributed by atoms with Gasteiger partial charge in [-0.3, -0.25) is 4.98 Å². The first kappa shape index (κ1) is 13.1. The molecule has 3 rings (SSSR count). The number of oxazole rings is 1. The van der Waals surface area contributed by atoms with E-state index in [0.29, 0.717) is 19.8 Å². The van der Waals surface area contributed by atoms with Gasteiger partial charge in [0.1, 0.15) is 0 Å². The quantitative estimate of drug-likeness (QED) is 0.683. The second-order valence-corrected chi connectivity index (χ2v) is 6.63. The number of fused-ring (bicyclic) bond motifs is 1. The molecule has 0 fully saturated rings. The van der Waals surface area contributed by atoms with Gasteiger partial charge in [-0.1, -0.05) is 29.3 Å². The Morgan fingerprint density at radius 2 is 2.05 bits per heavy atom. The number of benzene rings is 1. The summed E-state index contributed by atoms with van der Waals surface area (Å²) >= 11 is 19.6. The summed E-state index contributed by atoms with van der Waals surface area (Å²) in [7, 11) is 0. The number of hydrogen-bond acceptors (Lipinski definition) is 3. The van der Waals surface area contributed by atoms with E-state index in [9.17, 15) is 4.79 Å². The topological polar surface area (TPSA) is 46.0 Å². The van der Waals surface area contributed by atoms with Gasteiger partial charge in [0, 0.05) is 5.56 Å². The highest BCUT2D eigenvalue weighted by Gasteiger charge is 2.18. The fourth-order valence-electron chi connectivity index (χ4n) is 1.82. The minimum absolute atomic E-state index is 0.444. The van der Waals surface area contributed by atoms with E-state index in [1.807, 2.05) is 6.07 Å². The van der Waals surface area contributed by atoms with Crippen LogP contribution in [-0.4, -0.2) is 4.98 Å². The van der Waals surface area contributed by atoms with Crippen LogP contribution in [0.1, 0.15) is 16.5 Å². The molecule has 1 aromatic carbocycles. The molecule has 0 spiro atoms. The summed E-state index contributed by atoms with van der Waals surface area (Å²) in [5, 5.41) is -0.444. The van der Waals surface area contributed by atoms with Gasteiger partial charge in [0.05, 0.1) is 19.6 Å². The maximum absolute atomic E-state index is 11.1. The van der Waals surface area contributed by atoms with Crippen molar-refractivity contribution in [1.82, 2.24) is 4.98 Å². The predicted octanol–water partition coefficient (Wildman–Crippen LogP) is 4.82. The SMILES string of the molecule is O=c1[nH]c2ccc(C(Cl)c3cc(Cl)sc3Cl)cc2o1. The Hall–Kier alpha value is -0.940.